The highest BCUT2D eigenvalue weighted by molar-refractivity contribution is 7.98. The van der Waals surface area contributed by atoms with Crippen molar-refractivity contribution in [3.8, 4) is 0 Å². The smallest absolute Gasteiger partial charge is 0.190 e. The zero-order chi connectivity index (χ0) is 11.8. The maximum absolute atomic E-state index is 5.89. The molecule has 0 saturated heterocycles. The predicted molar refractivity (Wildman–Crippen MR) is 71.5 cm³/mol. The molecule has 1 rings (SSSR count). The molecule has 0 aromatic carbocycles. The number of aromatic nitrogens is 2. The third-order valence-electron chi connectivity index (χ3n) is 2.19. The van der Waals surface area contributed by atoms with Crippen LogP contribution in [0.3, 0.4) is 0 Å². The van der Waals surface area contributed by atoms with Crippen molar-refractivity contribution in [2.24, 2.45) is 0 Å². The minimum Gasteiger partial charge on any atom is -0.370 e. The van der Waals surface area contributed by atoms with Gasteiger partial charge in [0.05, 0.1) is 0 Å². The molecule has 90 valence electrons. The Hall–Kier alpha value is -0.480. The SMILES string of the molecule is CCCCCCNc1cc(Cl)nc(SC)n1. The lowest BCUT2D eigenvalue weighted by Gasteiger charge is -2.06. The summed E-state index contributed by atoms with van der Waals surface area (Å²) in [7, 11) is 0. The second-order valence-electron chi connectivity index (χ2n) is 3.55. The van der Waals surface area contributed by atoms with Gasteiger partial charge in [-0.2, -0.15) is 0 Å². The van der Waals surface area contributed by atoms with Gasteiger partial charge in [0.2, 0.25) is 0 Å². The fraction of sp³-hybridized carbons (Fsp3) is 0.636. The first kappa shape index (κ1) is 13.6. The molecule has 3 nitrogen and oxygen atoms in total. The molecule has 0 amide bonds. The predicted octanol–water partition coefficient (Wildman–Crippen LogP) is 3.84. The first-order valence-electron chi connectivity index (χ1n) is 5.58. The van der Waals surface area contributed by atoms with Crippen molar-refractivity contribution in [2.75, 3.05) is 18.1 Å². The molecule has 1 N–H and O–H groups in total. The van der Waals surface area contributed by atoms with E-state index in [-0.39, 0.29) is 0 Å². The van der Waals surface area contributed by atoms with Crippen molar-refractivity contribution in [1.82, 2.24) is 9.97 Å². The van der Waals surface area contributed by atoms with Crippen molar-refractivity contribution in [2.45, 2.75) is 37.8 Å². The van der Waals surface area contributed by atoms with Gasteiger partial charge in [0.15, 0.2) is 5.16 Å². The summed E-state index contributed by atoms with van der Waals surface area (Å²) in [6, 6.07) is 1.76. The van der Waals surface area contributed by atoms with Crippen LogP contribution in [0, 0.1) is 0 Å². The zero-order valence-corrected chi connectivity index (χ0v) is 11.4. The molecule has 16 heavy (non-hydrogen) atoms. The van der Waals surface area contributed by atoms with E-state index in [9.17, 15) is 0 Å². The molecule has 0 atom stereocenters. The van der Waals surface area contributed by atoms with E-state index >= 15 is 0 Å². The van der Waals surface area contributed by atoms with Crippen LogP contribution in [0.5, 0.6) is 0 Å². The lowest BCUT2D eigenvalue weighted by atomic mass is 10.2. The Labute approximate surface area is 106 Å². The first-order chi connectivity index (χ1) is 7.76. The van der Waals surface area contributed by atoms with Crippen molar-refractivity contribution in [1.29, 1.82) is 0 Å². The summed E-state index contributed by atoms with van der Waals surface area (Å²) in [6.07, 6.45) is 6.93. The monoisotopic (exact) mass is 259 g/mol. The average Bonchev–Trinajstić information content (AvgIpc) is 2.28. The third kappa shape index (κ3) is 5.03. The number of thioether (sulfide) groups is 1. The molecule has 0 radical (unpaired) electrons. The topological polar surface area (TPSA) is 37.8 Å². The normalized spacial score (nSPS) is 10.4. The zero-order valence-electron chi connectivity index (χ0n) is 9.79. The van der Waals surface area contributed by atoms with Gasteiger partial charge in [0.25, 0.3) is 0 Å². The largest absolute Gasteiger partial charge is 0.370 e. The number of anilines is 1. The quantitative estimate of drug-likeness (QED) is 0.349. The molecule has 0 spiro atoms. The molecular weight excluding hydrogens is 242 g/mol. The number of unbranched alkanes of at least 4 members (excludes halogenated alkanes) is 3. The Morgan fingerprint density at radius 3 is 2.81 bits per heavy atom. The van der Waals surface area contributed by atoms with Gasteiger partial charge in [0.1, 0.15) is 11.0 Å². The van der Waals surface area contributed by atoms with Crippen molar-refractivity contribution < 1.29 is 0 Å². The number of nitrogens with one attached hydrogen (secondary N) is 1. The second kappa shape index (κ2) is 7.74. The van der Waals surface area contributed by atoms with E-state index < -0.39 is 0 Å². The van der Waals surface area contributed by atoms with E-state index in [1.165, 1.54) is 37.4 Å². The second-order valence-corrected chi connectivity index (χ2v) is 4.71. The molecular formula is C11H18ClN3S. The number of nitrogens with zero attached hydrogens (tertiary/aromatic N) is 2. The highest BCUT2D eigenvalue weighted by Gasteiger charge is 2.01. The maximum atomic E-state index is 5.89. The van der Waals surface area contributed by atoms with E-state index in [4.69, 9.17) is 11.6 Å². The number of halogens is 1. The molecule has 5 heteroatoms. The lowest BCUT2D eigenvalue weighted by molar-refractivity contribution is 0.683. The van der Waals surface area contributed by atoms with Gasteiger partial charge >= 0.3 is 0 Å². The van der Waals surface area contributed by atoms with Crippen LogP contribution < -0.4 is 5.32 Å². The lowest BCUT2D eigenvalue weighted by Crippen LogP contribution is -2.04. The Balaban J connectivity index is 2.38. The molecule has 0 aliphatic carbocycles. The minimum atomic E-state index is 0.496. The Morgan fingerprint density at radius 2 is 2.12 bits per heavy atom. The van der Waals surface area contributed by atoms with Crippen LogP contribution in [0.2, 0.25) is 5.15 Å². The van der Waals surface area contributed by atoms with Crippen LogP contribution in [0.4, 0.5) is 5.82 Å². The molecule has 0 bridgehead atoms. The molecule has 0 aliphatic rings. The molecule has 0 saturated carbocycles. The third-order valence-corrected chi connectivity index (χ3v) is 2.93. The van der Waals surface area contributed by atoms with Gasteiger partial charge in [-0.05, 0) is 12.7 Å². The standard InChI is InChI=1S/C11H18ClN3S/c1-3-4-5-6-7-13-10-8-9(12)14-11(15-10)16-2/h8H,3-7H2,1-2H3,(H,13,14,15). The van der Waals surface area contributed by atoms with Gasteiger partial charge in [0, 0.05) is 12.6 Å². The van der Waals surface area contributed by atoms with Crippen molar-refractivity contribution in [3.63, 3.8) is 0 Å². The van der Waals surface area contributed by atoms with E-state index in [2.05, 4.69) is 22.2 Å². The van der Waals surface area contributed by atoms with Gasteiger partial charge in [-0.1, -0.05) is 49.5 Å². The fourth-order valence-corrected chi connectivity index (χ4v) is 1.96. The molecule has 1 aromatic heterocycles. The van der Waals surface area contributed by atoms with Gasteiger partial charge in [-0.15, -0.1) is 0 Å². The number of rotatable bonds is 7. The molecule has 0 fully saturated rings. The van der Waals surface area contributed by atoms with Gasteiger partial charge in [-0.25, -0.2) is 9.97 Å². The Morgan fingerprint density at radius 1 is 1.31 bits per heavy atom. The molecule has 1 heterocycles. The summed E-state index contributed by atoms with van der Waals surface area (Å²) in [5, 5.41) is 4.48. The van der Waals surface area contributed by atoms with Crippen LogP contribution in [0.15, 0.2) is 11.2 Å². The summed E-state index contributed by atoms with van der Waals surface area (Å²) in [4.78, 5) is 8.41. The minimum absolute atomic E-state index is 0.496. The number of hydrogen-bond donors (Lipinski definition) is 1. The van der Waals surface area contributed by atoms with Gasteiger partial charge in [-0.3, -0.25) is 0 Å². The summed E-state index contributed by atoms with van der Waals surface area (Å²) >= 11 is 7.38. The highest BCUT2D eigenvalue weighted by Crippen LogP contribution is 2.17. The average molecular weight is 260 g/mol. The van der Waals surface area contributed by atoms with Crippen LogP contribution in [-0.2, 0) is 0 Å². The maximum Gasteiger partial charge on any atom is 0.190 e. The summed E-state index contributed by atoms with van der Waals surface area (Å²) in [5.74, 6) is 0.820. The van der Waals surface area contributed by atoms with Crippen molar-refractivity contribution >= 4 is 29.2 Å². The highest BCUT2D eigenvalue weighted by atomic mass is 35.5. The molecule has 0 aliphatic heterocycles. The number of hydrogen-bond acceptors (Lipinski definition) is 4. The van der Waals surface area contributed by atoms with E-state index in [0.29, 0.717) is 10.3 Å². The van der Waals surface area contributed by atoms with Crippen LogP contribution in [0.1, 0.15) is 32.6 Å². The van der Waals surface area contributed by atoms with E-state index in [1.54, 1.807) is 6.07 Å². The van der Waals surface area contributed by atoms with Crippen LogP contribution in [0.25, 0.3) is 0 Å². The Bertz CT molecular complexity index is 320. The molecule has 0 unspecified atom stereocenters. The molecule has 1 aromatic rings. The summed E-state index contributed by atoms with van der Waals surface area (Å²) in [5.41, 5.74) is 0. The summed E-state index contributed by atoms with van der Waals surface area (Å²) < 4.78 is 0. The van der Waals surface area contributed by atoms with Crippen LogP contribution in [-0.4, -0.2) is 22.8 Å². The van der Waals surface area contributed by atoms with E-state index in [0.717, 1.165) is 12.4 Å². The van der Waals surface area contributed by atoms with Crippen LogP contribution >= 0.6 is 23.4 Å². The van der Waals surface area contributed by atoms with Gasteiger partial charge < -0.3 is 5.32 Å². The first-order valence-corrected chi connectivity index (χ1v) is 7.19. The summed E-state index contributed by atoms with van der Waals surface area (Å²) in [6.45, 7) is 3.16. The van der Waals surface area contributed by atoms with Crippen molar-refractivity contribution in [3.05, 3.63) is 11.2 Å². The fourth-order valence-electron chi connectivity index (χ4n) is 1.35. The van der Waals surface area contributed by atoms with E-state index in [1.807, 2.05) is 6.26 Å². The Kier molecular flexibility index (Phi) is 6.57.